The summed E-state index contributed by atoms with van der Waals surface area (Å²) in [6.07, 6.45) is 1.33. The Labute approximate surface area is 151 Å². The number of nitrogens with zero attached hydrogens (tertiary/aromatic N) is 4. The molecule has 0 unspecified atom stereocenters. The molecule has 1 heterocycles. The van der Waals surface area contributed by atoms with Gasteiger partial charge in [0.05, 0.1) is 10.7 Å². The fourth-order valence-corrected chi connectivity index (χ4v) is 3.20. The normalized spacial score (nSPS) is 11.5. The summed E-state index contributed by atoms with van der Waals surface area (Å²) < 4.78 is 59.7. The Morgan fingerprint density at radius 2 is 1.96 bits per heavy atom. The van der Waals surface area contributed by atoms with Crippen LogP contribution >= 0.6 is 11.6 Å². The molecule has 0 amide bonds. The minimum absolute atomic E-state index is 0.00188. The van der Waals surface area contributed by atoms with Crippen LogP contribution in [0.25, 0.3) is 5.69 Å². The van der Waals surface area contributed by atoms with Crippen molar-refractivity contribution in [3.05, 3.63) is 53.8 Å². The largest absolute Gasteiger partial charge is 0.433 e. The van der Waals surface area contributed by atoms with Gasteiger partial charge >= 0.3 is 16.7 Å². The quantitative estimate of drug-likeness (QED) is 0.585. The summed E-state index contributed by atoms with van der Waals surface area (Å²) >= 11 is 5.77. The molecule has 8 nitrogen and oxygen atoms in total. The molecule has 0 radical (unpaired) electrons. The molecule has 0 atom stereocenters. The monoisotopic (exact) mass is 402 g/mol. The van der Waals surface area contributed by atoms with Gasteiger partial charge in [-0.2, -0.15) is 17.2 Å². The predicted molar refractivity (Wildman–Crippen MR) is 85.1 cm³/mol. The Balaban J connectivity index is 1.85. The predicted octanol–water partition coefficient (Wildman–Crippen LogP) is 2.68. The Bertz CT molecular complexity index is 1020. The van der Waals surface area contributed by atoms with Crippen LogP contribution in [0, 0.1) is 0 Å². The van der Waals surface area contributed by atoms with Crippen LogP contribution in [0.5, 0.6) is 11.5 Å². The average Bonchev–Trinajstić information content (AvgIpc) is 3.10. The minimum Gasteiger partial charge on any atom is -0.433 e. The van der Waals surface area contributed by atoms with Crippen molar-refractivity contribution in [3.8, 4) is 17.2 Å². The van der Waals surface area contributed by atoms with E-state index >= 15 is 0 Å². The van der Waals surface area contributed by atoms with Gasteiger partial charge in [-0.05, 0) is 40.8 Å². The highest BCUT2D eigenvalue weighted by Gasteiger charge is 2.20. The first-order chi connectivity index (χ1) is 12.3. The maximum Gasteiger partial charge on any atom is 0.387 e. The molecule has 136 valence electrons. The Morgan fingerprint density at radius 1 is 1.15 bits per heavy atom. The van der Waals surface area contributed by atoms with E-state index in [1.54, 1.807) is 12.1 Å². The number of hydrogen-bond acceptors (Lipinski definition) is 7. The third kappa shape index (κ3) is 4.06. The van der Waals surface area contributed by atoms with Gasteiger partial charge in [-0.15, -0.1) is 5.10 Å². The fraction of sp³-hybridized carbons (Fsp3) is 0.0714. The van der Waals surface area contributed by atoms with Crippen molar-refractivity contribution >= 4 is 21.7 Å². The summed E-state index contributed by atoms with van der Waals surface area (Å²) in [6.45, 7) is -3.08. The highest BCUT2D eigenvalue weighted by Crippen LogP contribution is 2.30. The number of aromatic nitrogens is 4. The molecular weight excluding hydrogens is 394 g/mol. The molecule has 1 aromatic heterocycles. The summed E-state index contributed by atoms with van der Waals surface area (Å²) in [5.74, 6) is -0.344. The van der Waals surface area contributed by atoms with Crippen LogP contribution in [-0.4, -0.2) is 35.2 Å². The van der Waals surface area contributed by atoms with Gasteiger partial charge in [-0.3, -0.25) is 0 Å². The lowest BCUT2D eigenvalue weighted by molar-refractivity contribution is -0.0498. The molecule has 0 N–H and O–H groups in total. The second-order valence-electron chi connectivity index (χ2n) is 4.76. The van der Waals surface area contributed by atoms with Crippen molar-refractivity contribution in [2.75, 3.05) is 0 Å². The number of benzene rings is 2. The van der Waals surface area contributed by atoms with Gasteiger partial charge in [0, 0.05) is 6.07 Å². The van der Waals surface area contributed by atoms with Crippen LogP contribution < -0.4 is 8.92 Å². The molecule has 26 heavy (non-hydrogen) atoms. The Hall–Kier alpha value is -2.79. The minimum atomic E-state index is -4.26. The summed E-state index contributed by atoms with van der Waals surface area (Å²) in [4.78, 5) is -0.322. The summed E-state index contributed by atoms with van der Waals surface area (Å²) in [6, 6.07) is 9.04. The summed E-state index contributed by atoms with van der Waals surface area (Å²) in [5.41, 5.74) is 0.474. The van der Waals surface area contributed by atoms with Gasteiger partial charge in [0.2, 0.25) is 0 Å². The van der Waals surface area contributed by atoms with Crippen molar-refractivity contribution in [1.82, 2.24) is 20.2 Å². The van der Waals surface area contributed by atoms with E-state index in [2.05, 4.69) is 20.3 Å². The molecule has 0 fully saturated rings. The van der Waals surface area contributed by atoms with Gasteiger partial charge in [0.25, 0.3) is 0 Å². The van der Waals surface area contributed by atoms with Crippen molar-refractivity contribution in [2.24, 2.45) is 0 Å². The molecule has 0 saturated heterocycles. The van der Waals surface area contributed by atoms with Crippen LogP contribution in [0.15, 0.2) is 53.7 Å². The van der Waals surface area contributed by atoms with Crippen molar-refractivity contribution in [3.63, 3.8) is 0 Å². The molecule has 0 saturated carbocycles. The number of tetrazole rings is 1. The molecule has 0 aliphatic carbocycles. The van der Waals surface area contributed by atoms with Gasteiger partial charge in [0.15, 0.2) is 0 Å². The smallest absolute Gasteiger partial charge is 0.387 e. The molecule has 3 aromatic rings. The SMILES string of the molecule is O=S(=O)(Oc1cccc(-n2cnnn2)c1)c1ccc(OC(F)F)c(Cl)c1. The lowest BCUT2D eigenvalue weighted by Crippen LogP contribution is -2.10. The van der Waals surface area contributed by atoms with Gasteiger partial charge in [-0.1, -0.05) is 17.7 Å². The van der Waals surface area contributed by atoms with Crippen molar-refractivity contribution < 1.29 is 26.1 Å². The zero-order valence-electron chi connectivity index (χ0n) is 12.7. The topological polar surface area (TPSA) is 96.2 Å². The molecule has 0 aliphatic heterocycles. The van der Waals surface area contributed by atoms with Crippen LogP contribution in [0.2, 0.25) is 5.02 Å². The van der Waals surface area contributed by atoms with E-state index < -0.39 is 16.7 Å². The molecule has 3 rings (SSSR count). The zero-order chi connectivity index (χ0) is 18.7. The third-order valence-electron chi connectivity index (χ3n) is 3.05. The second kappa shape index (κ2) is 7.22. The van der Waals surface area contributed by atoms with E-state index in [1.807, 2.05) is 0 Å². The van der Waals surface area contributed by atoms with Crippen LogP contribution in [-0.2, 0) is 10.1 Å². The van der Waals surface area contributed by atoms with Crippen molar-refractivity contribution in [2.45, 2.75) is 11.5 Å². The maximum absolute atomic E-state index is 12.4. The first-order valence-corrected chi connectivity index (χ1v) is 8.66. The summed E-state index contributed by atoms with van der Waals surface area (Å²) in [7, 11) is -4.26. The van der Waals surface area contributed by atoms with Crippen LogP contribution in [0.1, 0.15) is 0 Å². The van der Waals surface area contributed by atoms with Gasteiger partial charge in [-0.25, -0.2) is 4.68 Å². The first-order valence-electron chi connectivity index (χ1n) is 6.87. The first kappa shape index (κ1) is 18.0. The van der Waals surface area contributed by atoms with Gasteiger partial charge in [0.1, 0.15) is 22.7 Å². The highest BCUT2D eigenvalue weighted by atomic mass is 35.5. The third-order valence-corrected chi connectivity index (χ3v) is 4.58. The number of rotatable bonds is 6. The standard InChI is InChI=1S/C14H9ClF2N4O4S/c15-12-7-11(4-5-13(12)24-14(16)17)26(22,23)25-10-3-1-2-9(6-10)21-8-18-19-20-21/h1-8,14H. The Kier molecular flexibility index (Phi) is 5.00. The zero-order valence-corrected chi connectivity index (χ0v) is 14.2. The number of alkyl halides is 2. The maximum atomic E-state index is 12.4. The van der Waals surface area contributed by atoms with E-state index in [0.29, 0.717) is 5.69 Å². The highest BCUT2D eigenvalue weighted by molar-refractivity contribution is 7.87. The molecule has 12 heteroatoms. The lowest BCUT2D eigenvalue weighted by Gasteiger charge is -2.10. The molecule has 0 bridgehead atoms. The van der Waals surface area contributed by atoms with Crippen molar-refractivity contribution in [1.29, 1.82) is 0 Å². The van der Waals surface area contributed by atoms with E-state index in [1.165, 1.54) is 23.1 Å². The molecule has 0 spiro atoms. The van der Waals surface area contributed by atoms with Crippen LogP contribution in [0.3, 0.4) is 0 Å². The number of halogens is 3. The molecular formula is C14H9ClF2N4O4S. The lowest BCUT2D eigenvalue weighted by atomic mass is 10.3. The summed E-state index contributed by atoms with van der Waals surface area (Å²) in [5, 5.41) is 10.4. The number of ether oxygens (including phenoxy) is 1. The molecule has 0 aliphatic rings. The number of hydrogen-bond donors (Lipinski definition) is 0. The average molecular weight is 403 g/mol. The van der Waals surface area contributed by atoms with Gasteiger partial charge < -0.3 is 8.92 Å². The van der Waals surface area contributed by atoms with E-state index in [-0.39, 0.29) is 21.4 Å². The van der Waals surface area contributed by atoms with E-state index in [9.17, 15) is 17.2 Å². The Morgan fingerprint density at radius 3 is 2.62 bits per heavy atom. The van der Waals surface area contributed by atoms with E-state index in [4.69, 9.17) is 15.8 Å². The fourth-order valence-electron chi connectivity index (χ4n) is 1.96. The van der Waals surface area contributed by atoms with Crippen LogP contribution in [0.4, 0.5) is 8.78 Å². The van der Waals surface area contributed by atoms with E-state index in [0.717, 1.165) is 18.2 Å². The second-order valence-corrected chi connectivity index (χ2v) is 6.71. The molecule has 2 aromatic carbocycles.